The highest BCUT2D eigenvalue weighted by atomic mass is 16.6. The Labute approximate surface area is 115 Å². The molecule has 1 heterocycles. The highest BCUT2D eigenvalue weighted by Gasteiger charge is 2.35. The first-order chi connectivity index (χ1) is 9.25. The number of likely N-dealkylation sites (N-methyl/N-ethyl adjacent to an activating group) is 1. The van der Waals surface area contributed by atoms with Crippen LogP contribution in [-0.4, -0.2) is 33.1 Å². The Bertz CT molecular complexity index is 592. The van der Waals surface area contributed by atoms with Gasteiger partial charge in [0.2, 0.25) is 5.69 Å². The van der Waals surface area contributed by atoms with Crippen molar-refractivity contribution in [2.24, 2.45) is 0 Å². The number of nitro groups is 1. The second kappa shape index (κ2) is 5.52. The number of aromatic nitrogens is 1. The fourth-order valence-electron chi connectivity index (χ4n) is 1.78. The van der Waals surface area contributed by atoms with E-state index in [0.717, 1.165) is 6.07 Å². The SMILES string of the molecule is CCN(c1ccc([N+](=O)[O-])c(C#N)n1)C(C)(C)C(=O)O. The Morgan fingerprint density at radius 1 is 1.60 bits per heavy atom. The van der Waals surface area contributed by atoms with Gasteiger partial charge in [0.05, 0.1) is 4.92 Å². The minimum Gasteiger partial charge on any atom is -0.480 e. The van der Waals surface area contributed by atoms with Crippen LogP contribution in [0.1, 0.15) is 26.5 Å². The molecule has 106 valence electrons. The van der Waals surface area contributed by atoms with E-state index < -0.39 is 22.1 Å². The van der Waals surface area contributed by atoms with Crippen LogP contribution >= 0.6 is 0 Å². The minimum atomic E-state index is -1.25. The molecule has 1 rings (SSSR count). The van der Waals surface area contributed by atoms with E-state index in [1.54, 1.807) is 13.0 Å². The Hall–Kier alpha value is -2.69. The zero-order valence-electron chi connectivity index (χ0n) is 11.3. The predicted molar refractivity (Wildman–Crippen MR) is 70.3 cm³/mol. The summed E-state index contributed by atoms with van der Waals surface area (Å²) in [6, 6.07) is 4.14. The third-order valence-corrected chi connectivity index (χ3v) is 2.95. The average molecular weight is 278 g/mol. The van der Waals surface area contributed by atoms with Crippen LogP contribution in [0.5, 0.6) is 0 Å². The van der Waals surface area contributed by atoms with Gasteiger partial charge < -0.3 is 10.0 Å². The van der Waals surface area contributed by atoms with Crippen molar-refractivity contribution >= 4 is 17.5 Å². The molecule has 0 saturated carbocycles. The van der Waals surface area contributed by atoms with Crippen molar-refractivity contribution in [2.45, 2.75) is 26.3 Å². The third-order valence-electron chi connectivity index (χ3n) is 2.95. The lowest BCUT2D eigenvalue weighted by molar-refractivity contribution is -0.385. The molecule has 0 saturated heterocycles. The van der Waals surface area contributed by atoms with Gasteiger partial charge in [-0.2, -0.15) is 5.26 Å². The Balaban J connectivity index is 3.36. The number of carboxylic acids is 1. The Morgan fingerprint density at radius 2 is 2.20 bits per heavy atom. The van der Waals surface area contributed by atoms with Crippen LogP contribution in [0.25, 0.3) is 0 Å². The van der Waals surface area contributed by atoms with Crippen molar-refractivity contribution in [3.8, 4) is 6.07 Å². The summed E-state index contributed by atoms with van der Waals surface area (Å²) < 4.78 is 0. The molecule has 0 fully saturated rings. The first-order valence-corrected chi connectivity index (χ1v) is 5.82. The Kier molecular flexibility index (Phi) is 4.24. The fraction of sp³-hybridized carbons (Fsp3) is 0.417. The molecule has 1 aromatic heterocycles. The molecule has 0 aliphatic heterocycles. The summed E-state index contributed by atoms with van der Waals surface area (Å²) in [4.78, 5) is 26.7. The zero-order valence-corrected chi connectivity index (χ0v) is 11.3. The normalized spacial score (nSPS) is 10.7. The van der Waals surface area contributed by atoms with Crippen LogP contribution in [0.2, 0.25) is 0 Å². The van der Waals surface area contributed by atoms with Gasteiger partial charge in [0.25, 0.3) is 0 Å². The number of nitriles is 1. The van der Waals surface area contributed by atoms with Gasteiger partial charge in [-0.3, -0.25) is 10.1 Å². The molecule has 1 N–H and O–H groups in total. The lowest BCUT2D eigenvalue weighted by Gasteiger charge is -2.35. The molecule has 0 unspecified atom stereocenters. The first kappa shape index (κ1) is 15.4. The molecular formula is C12H14N4O4. The molecule has 0 bridgehead atoms. The van der Waals surface area contributed by atoms with Crippen LogP contribution in [-0.2, 0) is 4.79 Å². The number of aliphatic carboxylic acids is 1. The van der Waals surface area contributed by atoms with E-state index in [1.807, 2.05) is 0 Å². The van der Waals surface area contributed by atoms with E-state index in [2.05, 4.69) is 4.98 Å². The van der Waals surface area contributed by atoms with Crippen LogP contribution in [0.4, 0.5) is 11.5 Å². The molecule has 0 atom stereocenters. The van der Waals surface area contributed by atoms with Crippen LogP contribution in [0, 0.1) is 21.4 Å². The number of hydrogen-bond donors (Lipinski definition) is 1. The number of carboxylic acid groups (broad SMARTS) is 1. The van der Waals surface area contributed by atoms with Gasteiger partial charge in [-0.15, -0.1) is 0 Å². The molecule has 0 aliphatic carbocycles. The fourth-order valence-corrected chi connectivity index (χ4v) is 1.78. The molecule has 0 aromatic carbocycles. The zero-order chi connectivity index (χ0) is 15.5. The smallest absolute Gasteiger partial charge is 0.328 e. The summed E-state index contributed by atoms with van der Waals surface area (Å²) in [6.07, 6.45) is 0. The largest absolute Gasteiger partial charge is 0.480 e. The van der Waals surface area contributed by atoms with Crippen molar-refractivity contribution in [1.29, 1.82) is 5.26 Å². The van der Waals surface area contributed by atoms with Crippen molar-refractivity contribution in [2.75, 3.05) is 11.4 Å². The van der Waals surface area contributed by atoms with E-state index in [4.69, 9.17) is 5.26 Å². The van der Waals surface area contributed by atoms with Gasteiger partial charge in [0, 0.05) is 12.6 Å². The second-order valence-corrected chi connectivity index (χ2v) is 4.51. The minimum absolute atomic E-state index is 0.210. The highest BCUT2D eigenvalue weighted by molar-refractivity contribution is 5.82. The van der Waals surface area contributed by atoms with Crippen LogP contribution < -0.4 is 4.90 Å². The standard InChI is InChI=1S/C12H14N4O4/c1-4-15(12(2,3)11(17)18)10-6-5-9(16(19)20)8(7-13)14-10/h5-6H,4H2,1-3H3,(H,17,18). The lowest BCUT2D eigenvalue weighted by Crippen LogP contribution is -2.50. The lowest BCUT2D eigenvalue weighted by atomic mass is 10.0. The second-order valence-electron chi connectivity index (χ2n) is 4.51. The summed E-state index contributed by atoms with van der Waals surface area (Å²) >= 11 is 0. The van der Waals surface area contributed by atoms with E-state index in [9.17, 15) is 20.0 Å². The first-order valence-electron chi connectivity index (χ1n) is 5.82. The molecule has 0 amide bonds. The van der Waals surface area contributed by atoms with Gasteiger partial charge >= 0.3 is 11.7 Å². The number of hydrogen-bond acceptors (Lipinski definition) is 6. The molecule has 0 radical (unpaired) electrons. The maximum atomic E-state index is 11.3. The van der Waals surface area contributed by atoms with Gasteiger partial charge in [-0.05, 0) is 26.8 Å². The van der Waals surface area contributed by atoms with E-state index in [0.29, 0.717) is 6.54 Å². The topological polar surface area (TPSA) is 120 Å². The van der Waals surface area contributed by atoms with Crippen LogP contribution in [0.3, 0.4) is 0 Å². The average Bonchev–Trinajstić information content (AvgIpc) is 2.38. The van der Waals surface area contributed by atoms with Gasteiger partial charge in [-0.25, -0.2) is 9.78 Å². The summed E-state index contributed by atoms with van der Waals surface area (Å²) in [5.74, 6) is -0.847. The monoisotopic (exact) mass is 278 g/mol. The van der Waals surface area contributed by atoms with Crippen molar-refractivity contribution in [3.63, 3.8) is 0 Å². The molecule has 20 heavy (non-hydrogen) atoms. The maximum Gasteiger partial charge on any atom is 0.328 e. The van der Waals surface area contributed by atoms with Crippen molar-refractivity contribution in [3.05, 3.63) is 27.9 Å². The molecule has 0 spiro atoms. The molecular weight excluding hydrogens is 264 g/mol. The molecule has 0 aliphatic rings. The third kappa shape index (κ3) is 2.66. The number of pyridine rings is 1. The van der Waals surface area contributed by atoms with Gasteiger partial charge in [0.15, 0.2) is 0 Å². The molecule has 1 aromatic rings. The van der Waals surface area contributed by atoms with Crippen LogP contribution in [0.15, 0.2) is 12.1 Å². The Morgan fingerprint density at radius 3 is 2.60 bits per heavy atom. The molecule has 8 nitrogen and oxygen atoms in total. The summed E-state index contributed by atoms with van der Waals surface area (Å²) in [5, 5.41) is 28.9. The summed E-state index contributed by atoms with van der Waals surface area (Å²) in [5.41, 5.74) is -1.99. The predicted octanol–water partition coefficient (Wildman–Crippen LogP) is 1.55. The van der Waals surface area contributed by atoms with E-state index in [1.165, 1.54) is 24.8 Å². The molecule has 8 heteroatoms. The summed E-state index contributed by atoms with van der Waals surface area (Å²) in [7, 11) is 0. The van der Waals surface area contributed by atoms with E-state index in [-0.39, 0.29) is 11.5 Å². The summed E-state index contributed by atoms with van der Waals surface area (Å²) in [6.45, 7) is 5.05. The number of nitrogens with zero attached hydrogens (tertiary/aromatic N) is 4. The van der Waals surface area contributed by atoms with Crippen molar-refractivity contribution < 1.29 is 14.8 Å². The number of anilines is 1. The maximum absolute atomic E-state index is 11.3. The number of carbonyl (C=O) groups is 1. The highest BCUT2D eigenvalue weighted by Crippen LogP contribution is 2.26. The van der Waals surface area contributed by atoms with Gasteiger partial charge in [-0.1, -0.05) is 0 Å². The quantitative estimate of drug-likeness (QED) is 0.640. The van der Waals surface area contributed by atoms with Gasteiger partial charge in [0.1, 0.15) is 17.4 Å². The van der Waals surface area contributed by atoms with Crippen molar-refractivity contribution in [1.82, 2.24) is 4.98 Å². The van der Waals surface area contributed by atoms with E-state index >= 15 is 0 Å². The number of rotatable bonds is 5.